The van der Waals surface area contributed by atoms with E-state index in [4.69, 9.17) is 0 Å². The average Bonchev–Trinajstić information content (AvgIpc) is 3.18. The number of carbonyl (C=O) groups excluding carboxylic acids is 1. The van der Waals surface area contributed by atoms with Crippen molar-refractivity contribution >= 4 is 29.3 Å². The Morgan fingerprint density at radius 3 is 2.64 bits per heavy atom. The van der Waals surface area contributed by atoms with Crippen molar-refractivity contribution in [2.75, 3.05) is 19.6 Å². The minimum Gasteiger partial charge on any atom is -0.341 e. The predicted molar refractivity (Wildman–Crippen MR) is 100 cm³/mol. The molecule has 4 rings (SSSR count). The van der Waals surface area contributed by atoms with E-state index < -0.39 is 5.54 Å². The molecule has 0 spiro atoms. The van der Waals surface area contributed by atoms with Gasteiger partial charge < -0.3 is 15.2 Å². The zero-order chi connectivity index (χ0) is 16.7. The SMILES string of the molecule is CC1(C(=O)N2CCC(n3c(=O)[nH]c4ccccc43)CC2)CCCN1.Cl. The van der Waals surface area contributed by atoms with Gasteiger partial charge in [-0.15, -0.1) is 12.4 Å². The topological polar surface area (TPSA) is 70.1 Å². The molecule has 0 radical (unpaired) electrons. The molecule has 1 unspecified atom stereocenters. The Bertz CT molecular complexity index is 814. The molecule has 0 aliphatic carbocycles. The first-order chi connectivity index (χ1) is 11.6. The number of piperidine rings is 1. The number of likely N-dealkylation sites (tertiary alicyclic amines) is 1. The molecule has 1 atom stereocenters. The molecular formula is C18H25ClN4O2. The van der Waals surface area contributed by atoms with Crippen LogP contribution in [0.25, 0.3) is 11.0 Å². The summed E-state index contributed by atoms with van der Waals surface area (Å²) in [4.78, 5) is 30.0. The Morgan fingerprint density at radius 2 is 1.96 bits per heavy atom. The van der Waals surface area contributed by atoms with Gasteiger partial charge in [0.1, 0.15) is 0 Å². The monoisotopic (exact) mass is 364 g/mol. The summed E-state index contributed by atoms with van der Waals surface area (Å²) < 4.78 is 1.87. The van der Waals surface area contributed by atoms with Gasteiger partial charge in [0.25, 0.3) is 0 Å². The number of aromatic amines is 1. The molecule has 0 saturated carbocycles. The third-order valence-corrected chi connectivity index (χ3v) is 5.58. The number of rotatable bonds is 2. The van der Waals surface area contributed by atoms with E-state index in [0.717, 1.165) is 43.3 Å². The average molecular weight is 365 g/mol. The van der Waals surface area contributed by atoms with Crippen LogP contribution in [0.2, 0.25) is 0 Å². The zero-order valence-corrected chi connectivity index (χ0v) is 15.3. The number of amides is 1. The normalized spacial score (nSPS) is 24.4. The summed E-state index contributed by atoms with van der Waals surface area (Å²) in [6.45, 7) is 4.36. The van der Waals surface area contributed by atoms with Crippen LogP contribution in [0, 0.1) is 0 Å². The number of nitrogens with zero attached hydrogens (tertiary/aromatic N) is 2. The van der Waals surface area contributed by atoms with E-state index in [0.29, 0.717) is 13.1 Å². The van der Waals surface area contributed by atoms with Gasteiger partial charge >= 0.3 is 5.69 Å². The van der Waals surface area contributed by atoms with E-state index in [1.807, 2.05) is 40.7 Å². The molecule has 1 aromatic heterocycles. The number of hydrogen-bond donors (Lipinski definition) is 2. The summed E-state index contributed by atoms with van der Waals surface area (Å²) in [6, 6.07) is 7.95. The maximum atomic E-state index is 12.8. The number of aromatic nitrogens is 2. The molecule has 2 aromatic rings. The smallest absolute Gasteiger partial charge is 0.326 e. The van der Waals surface area contributed by atoms with Gasteiger partial charge in [-0.25, -0.2) is 4.79 Å². The quantitative estimate of drug-likeness (QED) is 0.856. The highest BCUT2D eigenvalue weighted by Gasteiger charge is 2.40. The first kappa shape index (κ1) is 18.0. The molecule has 136 valence electrons. The fraction of sp³-hybridized carbons (Fsp3) is 0.556. The van der Waals surface area contributed by atoms with Crippen molar-refractivity contribution in [1.82, 2.24) is 19.8 Å². The lowest BCUT2D eigenvalue weighted by molar-refractivity contribution is -0.138. The highest BCUT2D eigenvalue weighted by molar-refractivity contribution is 5.86. The lowest BCUT2D eigenvalue weighted by Gasteiger charge is -2.37. The highest BCUT2D eigenvalue weighted by atomic mass is 35.5. The molecular weight excluding hydrogens is 340 g/mol. The van der Waals surface area contributed by atoms with Crippen molar-refractivity contribution in [2.24, 2.45) is 0 Å². The van der Waals surface area contributed by atoms with E-state index in [1.54, 1.807) is 0 Å². The number of nitrogens with one attached hydrogen (secondary N) is 2. The van der Waals surface area contributed by atoms with Gasteiger partial charge in [-0.1, -0.05) is 12.1 Å². The fourth-order valence-electron chi connectivity index (χ4n) is 4.19. The van der Waals surface area contributed by atoms with Crippen molar-refractivity contribution in [3.8, 4) is 0 Å². The highest BCUT2D eigenvalue weighted by Crippen LogP contribution is 2.28. The van der Waals surface area contributed by atoms with Crippen molar-refractivity contribution < 1.29 is 4.79 Å². The van der Waals surface area contributed by atoms with Gasteiger partial charge in [-0.05, 0) is 51.3 Å². The first-order valence-corrected chi connectivity index (χ1v) is 8.82. The Kier molecular flexibility index (Phi) is 4.93. The number of para-hydroxylation sites is 2. The molecule has 1 amide bonds. The summed E-state index contributed by atoms with van der Waals surface area (Å²) in [6.07, 6.45) is 3.62. The van der Waals surface area contributed by atoms with Gasteiger partial charge in [0.15, 0.2) is 0 Å². The second-order valence-electron chi connectivity index (χ2n) is 7.20. The number of carbonyl (C=O) groups is 1. The molecule has 2 aliphatic rings. The Hall–Kier alpha value is -1.79. The molecule has 0 bridgehead atoms. The van der Waals surface area contributed by atoms with Crippen molar-refractivity contribution in [3.05, 3.63) is 34.7 Å². The van der Waals surface area contributed by atoms with Crippen LogP contribution < -0.4 is 11.0 Å². The van der Waals surface area contributed by atoms with E-state index in [2.05, 4.69) is 10.3 Å². The summed E-state index contributed by atoms with van der Waals surface area (Å²) >= 11 is 0. The van der Waals surface area contributed by atoms with E-state index in [9.17, 15) is 9.59 Å². The molecule has 7 heteroatoms. The maximum Gasteiger partial charge on any atom is 0.326 e. The lowest BCUT2D eigenvalue weighted by atomic mass is 9.96. The van der Waals surface area contributed by atoms with Crippen molar-refractivity contribution in [1.29, 1.82) is 0 Å². The molecule has 2 saturated heterocycles. The standard InChI is InChI=1S/C18H24N4O2.ClH/c1-18(9-4-10-19-18)16(23)21-11-7-13(8-12-21)22-15-6-3-2-5-14(15)20-17(22)24;/h2-3,5-6,13,19H,4,7-12H2,1H3,(H,20,24);1H. The number of halogens is 1. The van der Waals surface area contributed by atoms with Gasteiger partial charge in [0, 0.05) is 19.1 Å². The maximum absolute atomic E-state index is 12.8. The van der Waals surface area contributed by atoms with Crippen LogP contribution in [0.4, 0.5) is 0 Å². The Labute approximate surface area is 153 Å². The second kappa shape index (κ2) is 6.84. The van der Waals surface area contributed by atoms with Crippen LogP contribution in [-0.2, 0) is 4.79 Å². The lowest BCUT2D eigenvalue weighted by Crippen LogP contribution is -2.54. The number of imidazole rings is 1. The minimum absolute atomic E-state index is 0. The first-order valence-electron chi connectivity index (χ1n) is 8.82. The van der Waals surface area contributed by atoms with Crippen LogP contribution in [0.3, 0.4) is 0 Å². The van der Waals surface area contributed by atoms with Crippen LogP contribution >= 0.6 is 12.4 Å². The fourth-order valence-corrected chi connectivity index (χ4v) is 4.19. The van der Waals surface area contributed by atoms with Crippen LogP contribution in [-0.4, -0.2) is 45.5 Å². The number of H-pyrrole nitrogens is 1. The van der Waals surface area contributed by atoms with E-state index >= 15 is 0 Å². The third-order valence-electron chi connectivity index (χ3n) is 5.58. The van der Waals surface area contributed by atoms with E-state index in [-0.39, 0.29) is 30.0 Å². The van der Waals surface area contributed by atoms with Crippen LogP contribution in [0.1, 0.15) is 38.6 Å². The molecule has 6 nitrogen and oxygen atoms in total. The number of fused-ring (bicyclic) bond motifs is 1. The third kappa shape index (κ3) is 3.09. The molecule has 2 aliphatic heterocycles. The van der Waals surface area contributed by atoms with E-state index in [1.165, 1.54) is 0 Å². The second-order valence-corrected chi connectivity index (χ2v) is 7.20. The van der Waals surface area contributed by atoms with Gasteiger partial charge in [-0.3, -0.25) is 9.36 Å². The van der Waals surface area contributed by atoms with Crippen LogP contribution in [0.5, 0.6) is 0 Å². The largest absolute Gasteiger partial charge is 0.341 e. The number of hydrogen-bond acceptors (Lipinski definition) is 3. The van der Waals surface area contributed by atoms with Gasteiger partial charge in [-0.2, -0.15) is 0 Å². The Balaban J connectivity index is 0.00000182. The van der Waals surface area contributed by atoms with Crippen molar-refractivity contribution in [2.45, 2.75) is 44.2 Å². The summed E-state index contributed by atoms with van der Waals surface area (Å²) in [5, 5.41) is 3.35. The van der Waals surface area contributed by atoms with Crippen molar-refractivity contribution in [3.63, 3.8) is 0 Å². The minimum atomic E-state index is -0.398. The number of benzene rings is 1. The summed E-state index contributed by atoms with van der Waals surface area (Å²) in [7, 11) is 0. The molecule has 2 fully saturated rings. The molecule has 25 heavy (non-hydrogen) atoms. The molecule has 3 heterocycles. The van der Waals surface area contributed by atoms with Gasteiger partial charge in [0.05, 0.1) is 16.6 Å². The summed E-state index contributed by atoms with van der Waals surface area (Å²) in [5.74, 6) is 0.213. The Morgan fingerprint density at radius 1 is 1.24 bits per heavy atom. The van der Waals surface area contributed by atoms with Crippen LogP contribution in [0.15, 0.2) is 29.1 Å². The predicted octanol–water partition coefficient (Wildman–Crippen LogP) is 2.06. The zero-order valence-electron chi connectivity index (χ0n) is 14.5. The van der Waals surface area contributed by atoms with Gasteiger partial charge in [0.2, 0.25) is 5.91 Å². The molecule has 2 N–H and O–H groups in total. The molecule has 1 aromatic carbocycles. The summed E-state index contributed by atoms with van der Waals surface area (Å²) in [5.41, 5.74) is 1.38.